The van der Waals surface area contributed by atoms with Gasteiger partial charge in [-0.3, -0.25) is 4.79 Å². The first-order valence-electron chi connectivity index (χ1n) is 6.85. The lowest BCUT2D eigenvalue weighted by molar-refractivity contribution is -0.137. The number of anilines is 2. The first-order chi connectivity index (χ1) is 10.7. The lowest BCUT2D eigenvalue weighted by Gasteiger charge is -2.25. The van der Waals surface area contributed by atoms with Gasteiger partial charge in [0, 0.05) is 18.7 Å². The highest BCUT2D eigenvalue weighted by molar-refractivity contribution is 6.04. The molecule has 0 saturated heterocycles. The van der Waals surface area contributed by atoms with Crippen molar-refractivity contribution < 1.29 is 18.0 Å². The van der Waals surface area contributed by atoms with E-state index in [0.717, 1.165) is 12.1 Å². The Balaban J connectivity index is 3.36. The Labute approximate surface area is 133 Å². The number of amides is 1. The van der Waals surface area contributed by atoms with Crippen molar-refractivity contribution >= 4 is 17.3 Å². The number of alkyl halides is 3. The van der Waals surface area contributed by atoms with E-state index >= 15 is 0 Å². The lowest BCUT2D eigenvalue weighted by atomic mass is 10.1. The molecular weight excluding hydrogens is 305 g/mol. The highest BCUT2D eigenvalue weighted by Crippen LogP contribution is 2.35. The standard InChI is InChI=1S/C17H19F3N2O/c1-5-9-22(10-6-2)15-8-7-13(17(18,19)20)11-14(15)21-16(23)12(3)4/h5-8,11H,1-3,9-10H2,4H3,(H,21,23). The largest absolute Gasteiger partial charge is 0.416 e. The fourth-order valence-corrected chi connectivity index (χ4v) is 1.90. The molecule has 6 heteroatoms. The Morgan fingerprint density at radius 2 is 1.83 bits per heavy atom. The van der Waals surface area contributed by atoms with Crippen LogP contribution >= 0.6 is 0 Å². The Morgan fingerprint density at radius 1 is 1.26 bits per heavy atom. The number of rotatable bonds is 7. The van der Waals surface area contributed by atoms with Crippen molar-refractivity contribution in [3.8, 4) is 0 Å². The predicted molar refractivity (Wildman–Crippen MR) is 87.5 cm³/mol. The molecule has 3 nitrogen and oxygen atoms in total. The van der Waals surface area contributed by atoms with Crippen LogP contribution in [-0.4, -0.2) is 19.0 Å². The molecule has 0 aliphatic rings. The summed E-state index contributed by atoms with van der Waals surface area (Å²) in [7, 11) is 0. The van der Waals surface area contributed by atoms with E-state index in [1.54, 1.807) is 17.1 Å². The summed E-state index contributed by atoms with van der Waals surface area (Å²) in [5, 5.41) is 2.47. The first kappa shape index (κ1) is 18.5. The van der Waals surface area contributed by atoms with Crippen molar-refractivity contribution in [2.45, 2.75) is 13.1 Å². The van der Waals surface area contributed by atoms with Gasteiger partial charge in [0.1, 0.15) is 0 Å². The van der Waals surface area contributed by atoms with Crippen LogP contribution in [0, 0.1) is 0 Å². The molecule has 1 amide bonds. The molecule has 124 valence electrons. The van der Waals surface area contributed by atoms with Gasteiger partial charge < -0.3 is 10.2 Å². The van der Waals surface area contributed by atoms with Crippen molar-refractivity contribution in [1.82, 2.24) is 0 Å². The van der Waals surface area contributed by atoms with Crippen LogP contribution in [-0.2, 0) is 11.0 Å². The van der Waals surface area contributed by atoms with Gasteiger partial charge >= 0.3 is 6.18 Å². The van der Waals surface area contributed by atoms with Gasteiger partial charge in [-0.1, -0.05) is 18.7 Å². The summed E-state index contributed by atoms with van der Waals surface area (Å²) in [6, 6.07) is 3.21. The molecule has 1 aromatic carbocycles. The summed E-state index contributed by atoms with van der Waals surface area (Å²) in [5.41, 5.74) is -0.119. The van der Waals surface area contributed by atoms with E-state index in [2.05, 4.69) is 25.1 Å². The Morgan fingerprint density at radius 3 is 2.26 bits per heavy atom. The van der Waals surface area contributed by atoms with Crippen LogP contribution in [0.5, 0.6) is 0 Å². The number of benzene rings is 1. The number of carbonyl (C=O) groups is 1. The molecule has 0 aromatic heterocycles. The zero-order valence-electron chi connectivity index (χ0n) is 12.9. The van der Waals surface area contributed by atoms with E-state index in [1.807, 2.05) is 0 Å². The normalized spacial score (nSPS) is 10.8. The number of halogens is 3. The third kappa shape index (κ3) is 5.02. The number of hydrogen-bond acceptors (Lipinski definition) is 2. The highest BCUT2D eigenvalue weighted by atomic mass is 19.4. The van der Waals surface area contributed by atoms with Crippen molar-refractivity contribution in [2.75, 3.05) is 23.3 Å². The van der Waals surface area contributed by atoms with Crippen molar-refractivity contribution in [1.29, 1.82) is 0 Å². The third-order valence-electron chi connectivity index (χ3n) is 3.00. The topological polar surface area (TPSA) is 32.3 Å². The van der Waals surface area contributed by atoms with Crippen LogP contribution in [0.25, 0.3) is 0 Å². The average molecular weight is 324 g/mol. The van der Waals surface area contributed by atoms with Crippen LogP contribution in [0.15, 0.2) is 55.7 Å². The van der Waals surface area contributed by atoms with E-state index in [9.17, 15) is 18.0 Å². The number of nitrogens with one attached hydrogen (secondary N) is 1. The molecule has 1 aromatic rings. The number of carbonyl (C=O) groups excluding carboxylic acids is 1. The van der Waals surface area contributed by atoms with Crippen LogP contribution in [0.4, 0.5) is 24.5 Å². The maximum atomic E-state index is 12.9. The molecule has 23 heavy (non-hydrogen) atoms. The Bertz CT molecular complexity index is 611. The maximum Gasteiger partial charge on any atom is 0.416 e. The molecule has 0 atom stereocenters. The van der Waals surface area contributed by atoms with Gasteiger partial charge in [-0.25, -0.2) is 0 Å². The summed E-state index contributed by atoms with van der Waals surface area (Å²) >= 11 is 0. The molecule has 0 aliphatic carbocycles. The summed E-state index contributed by atoms with van der Waals surface area (Å²) in [6.07, 6.45) is -1.26. The van der Waals surface area contributed by atoms with E-state index in [4.69, 9.17) is 0 Å². The fraction of sp³-hybridized carbons (Fsp3) is 0.235. The predicted octanol–water partition coefficient (Wildman–Crippen LogP) is 4.40. The highest BCUT2D eigenvalue weighted by Gasteiger charge is 2.31. The summed E-state index contributed by atoms with van der Waals surface area (Å²) in [5.74, 6) is -0.539. The van der Waals surface area contributed by atoms with Crippen molar-refractivity contribution in [3.63, 3.8) is 0 Å². The van der Waals surface area contributed by atoms with Crippen LogP contribution in [0.2, 0.25) is 0 Å². The summed E-state index contributed by atoms with van der Waals surface area (Å²) in [6.45, 7) is 13.0. The van der Waals surface area contributed by atoms with Crippen molar-refractivity contribution in [2.24, 2.45) is 0 Å². The second-order valence-electron chi connectivity index (χ2n) is 4.95. The molecule has 0 aliphatic heterocycles. The molecule has 0 saturated carbocycles. The average Bonchev–Trinajstić information content (AvgIpc) is 2.46. The quantitative estimate of drug-likeness (QED) is 0.595. The second-order valence-corrected chi connectivity index (χ2v) is 4.95. The van der Waals surface area contributed by atoms with E-state index in [-0.39, 0.29) is 11.3 Å². The summed E-state index contributed by atoms with van der Waals surface area (Å²) in [4.78, 5) is 13.6. The SMILES string of the molecule is C=CCN(CC=C)c1ccc(C(F)(F)F)cc1NC(=O)C(=C)C. The van der Waals surface area contributed by atoms with Crippen LogP contribution < -0.4 is 10.2 Å². The molecular formula is C17H19F3N2O. The Hall–Kier alpha value is -2.50. The van der Waals surface area contributed by atoms with E-state index < -0.39 is 17.6 Å². The summed E-state index contributed by atoms with van der Waals surface area (Å²) < 4.78 is 38.7. The minimum absolute atomic E-state index is 0.0662. The zero-order valence-corrected chi connectivity index (χ0v) is 12.9. The Kier molecular flexibility index (Phi) is 6.18. The maximum absolute atomic E-state index is 12.9. The van der Waals surface area contributed by atoms with E-state index in [1.165, 1.54) is 13.0 Å². The zero-order chi connectivity index (χ0) is 17.6. The van der Waals surface area contributed by atoms with Gasteiger partial charge in [-0.2, -0.15) is 13.2 Å². The first-order valence-corrected chi connectivity index (χ1v) is 6.85. The molecule has 0 radical (unpaired) electrons. The van der Waals surface area contributed by atoms with Gasteiger partial charge in [-0.05, 0) is 25.1 Å². The van der Waals surface area contributed by atoms with Gasteiger partial charge in [-0.15, -0.1) is 13.2 Å². The van der Waals surface area contributed by atoms with E-state index in [0.29, 0.717) is 18.8 Å². The van der Waals surface area contributed by atoms with Gasteiger partial charge in [0.05, 0.1) is 16.9 Å². The molecule has 1 N–H and O–H groups in total. The lowest BCUT2D eigenvalue weighted by Crippen LogP contribution is -2.25. The number of hydrogen-bond donors (Lipinski definition) is 1. The van der Waals surface area contributed by atoms with Crippen molar-refractivity contribution in [3.05, 3.63) is 61.2 Å². The molecule has 0 spiro atoms. The number of nitrogens with zero attached hydrogens (tertiary/aromatic N) is 1. The van der Waals surface area contributed by atoms with Gasteiger partial charge in [0.2, 0.25) is 0 Å². The third-order valence-corrected chi connectivity index (χ3v) is 3.00. The molecule has 0 unspecified atom stereocenters. The second kappa shape index (κ2) is 7.67. The van der Waals surface area contributed by atoms with Crippen LogP contribution in [0.3, 0.4) is 0 Å². The molecule has 1 rings (SSSR count). The fourth-order valence-electron chi connectivity index (χ4n) is 1.90. The minimum Gasteiger partial charge on any atom is -0.362 e. The van der Waals surface area contributed by atoms with Gasteiger partial charge in [0.25, 0.3) is 5.91 Å². The minimum atomic E-state index is -4.50. The molecule has 0 fully saturated rings. The molecule has 0 bridgehead atoms. The smallest absolute Gasteiger partial charge is 0.362 e. The monoisotopic (exact) mass is 324 g/mol. The van der Waals surface area contributed by atoms with Gasteiger partial charge in [0.15, 0.2) is 0 Å². The van der Waals surface area contributed by atoms with Crippen LogP contribution in [0.1, 0.15) is 12.5 Å². The molecule has 0 heterocycles.